The van der Waals surface area contributed by atoms with E-state index in [1.54, 1.807) is 30.5 Å². The van der Waals surface area contributed by atoms with Crippen LogP contribution in [0.3, 0.4) is 0 Å². The maximum atomic E-state index is 12.4. The fraction of sp³-hybridized carbons (Fsp3) is 0.316. The van der Waals surface area contributed by atoms with Crippen LogP contribution in [0.1, 0.15) is 23.0 Å². The van der Waals surface area contributed by atoms with Gasteiger partial charge in [0.15, 0.2) is 0 Å². The first-order valence-corrected chi connectivity index (χ1v) is 8.44. The smallest absolute Gasteiger partial charge is 0.274 e. The van der Waals surface area contributed by atoms with Gasteiger partial charge in [0, 0.05) is 43.8 Å². The number of piperazine rings is 1. The predicted octanol–water partition coefficient (Wildman–Crippen LogP) is 2.35. The van der Waals surface area contributed by atoms with E-state index < -0.39 is 0 Å². The fourth-order valence-electron chi connectivity index (χ4n) is 2.89. The number of carbonyl (C=O) groups is 1. The molecule has 1 N–H and O–H groups in total. The first kappa shape index (κ1) is 16.9. The minimum Gasteiger partial charge on any atom is -0.369 e. The Kier molecular flexibility index (Phi) is 5.26. The minimum atomic E-state index is -0.251. The van der Waals surface area contributed by atoms with Crippen molar-refractivity contribution in [2.75, 3.05) is 42.9 Å². The number of aromatic nitrogens is 1. The molecule has 1 aliphatic rings. The number of nitrogens with one attached hydrogen (secondary N) is 1. The maximum absolute atomic E-state index is 12.4. The molecule has 1 fully saturated rings. The molecule has 1 amide bonds. The van der Waals surface area contributed by atoms with Gasteiger partial charge in [0.05, 0.1) is 11.6 Å². The van der Waals surface area contributed by atoms with Crippen molar-refractivity contribution in [3.63, 3.8) is 0 Å². The van der Waals surface area contributed by atoms with Gasteiger partial charge in [-0.2, -0.15) is 5.26 Å². The van der Waals surface area contributed by atoms with E-state index in [1.807, 2.05) is 12.1 Å². The van der Waals surface area contributed by atoms with E-state index in [-0.39, 0.29) is 5.91 Å². The van der Waals surface area contributed by atoms with Gasteiger partial charge in [-0.1, -0.05) is 6.92 Å². The maximum Gasteiger partial charge on any atom is 0.274 e. The first-order chi connectivity index (χ1) is 12.2. The third-order valence-corrected chi connectivity index (χ3v) is 4.43. The van der Waals surface area contributed by atoms with Gasteiger partial charge in [-0.25, -0.2) is 0 Å². The van der Waals surface area contributed by atoms with Crippen molar-refractivity contribution in [2.24, 2.45) is 0 Å². The van der Waals surface area contributed by atoms with E-state index in [0.717, 1.165) is 38.4 Å². The summed E-state index contributed by atoms with van der Waals surface area (Å²) < 4.78 is 0. The Morgan fingerprint density at radius 3 is 2.56 bits per heavy atom. The van der Waals surface area contributed by atoms with Crippen molar-refractivity contribution in [2.45, 2.75) is 6.92 Å². The second-order valence-corrected chi connectivity index (χ2v) is 5.96. The lowest BCUT2D eigenvalue weighted by Gasteiger charge is -2.35. The quantitative estimate of drug-likeness (QED) is 0.928. The molecule has 1 saturated heterocycles. The molecular weight excluding hydrogens is 314 g/mol. The lowest BCUT2D eigenvalue weighted by atomic mass is 10.2. The summed E-state index contributed by atoms with van der Waals surface area (Å²) in [6, 6.07) is 12.6. The molecule has 0 aliphatic carbocycles. The second kappa shape index (κ2) is 7.77. The molecule has 0 bridgehead atoms. The van der Waals surface area contributed by atoms with Gasteiger partial charge in [0.25, 0.3) is 5.91 Å². The lowest BCUT2D eigenvalue weighted by Crippen LogP contribution is -2.46. The molecule has 0 unspecified atom stereocenters. The van der Waals surface area contributed by atoms with Gasteiger partial charge < -0.3 is 15.1 Å². The van der Waals surface area contributed by atoms with Crippen LogP contribution in [0.5, 0.6) is 0 Å². The van der Waals surface area contributed by atoms with Crippen LogP contribution in [0.15, 0.2) is 42.6 Å². The van der Waals surface area contributed by atoms with Crippen molar-refractivity contribution in [3.8, 4) is 6.07 Å². The summed E-state index contributed by atoms with van der Waals surface area (Å²) in [7, 11) is 0. The Morgan fingerprint density at radius 2 is 1.92 bits per heavy atom. The highest BCUT2D eigenvalue weighted by Gasteiger charge is 2.17. The third-order valence-electron chi connectivity index (χ3n) is 4.43. The Morgan fingerprint density at radius 1 is 1.20 bits per heavy atom. The van der Waals surface area contributed by atoms with Crippen molar-refractivity contribution >= 4 is 17.3 Å². The number of nitrogens with zero attached hydrogens (tertiary/aromatic N) is 4. The molecular formula is C19H21N5O. The molecule has 0 radical (unpaired) electrons. The molecule has 128 valence electrons. The van der Waals surface area contributed by atoms with Crippen LogP contribution in [0.2, 0.25) is 0 Å². The Labute approximate surface area is 147 Å². The zero-order valence-corrected chi connectivity index (χ0v) is 14.3. The van der Waals surface area contributed by atoms with Crippen LogP contribution in [-0.2, 0) is 0 Å². The highest BCUT2D eigenvalue weighted by Crippen LogP contribution is 2.18. The molecule has 25 heavy (non-hydrogen) atoms. The van der Waals surface area contributed by atoms with Crippen LogP contribution in [0.25, 0.3) is 0 Å². The summed E-state index contributed by atoms with van der Waals surface area (Å²) >= 11 is 0. The second-order valence-electron chi connectivity index (χ2n) is 5.96. The SMILES string of the molecule is CCN1CCN(c2ccnc(C(=O)Nc3ccc(C#N)cc3)c2)CC1. The van der Waals surface area contributed by atoms with E-state index in [9.17, 15) is 4.79 Å². The summed E-state index contributed by atoms with van der Waals surface area (Å²) in [4.78, 5) is 21.3. The highest BCUT2D eigenvalue weighted by atomic mass is 16.1. The molecule has 0 saturated carbocycles. The van der Waals surface area contributed by atoms with Gasteiger partial charge in [0.2, 0.25) is 0 Å². The number of nitriles is 1. The van der Waals surface area contributed by atoms with Crippen molar-refractivity contribution in [1.29, 1.82) is 5.26 Å². The molecule has 0 atom stereocenters. The van der Waals surface area contributed by atoms with Crippen LogP contribution in [0, 0.1) is 11.3 Å². The normalized spacial score (nSPS) is 14.8. The largest absolute Gasteiger partial charge is 0.369 e. The Hall–Kier alpha value is -2.91. The number of rotatable bonds is 4. The molecule has 2 aromatic rings. The van der Waals surface area contributed by atoms with E-state index in [2.05, 4.69) is 33.1 Å². The molecule has 2 heterocycles. The van der Waals surface area contributed by atoms with Gasteiger partial charge >= 0.3 is 0 Å². The molecule has 1 aliphatic heterocycles. The van der Waals surface area contributed by atoms with Crippen LogP contribution in [-0.4, -0.2) is 48.5 Å². The van der Waals surface area contributed by atoms with E-state index in [4.69, 9.17) is 5.26 Å². The summed E-state index contributed by atoms with van der Waals surface area (Å²) in [5.74, 6) is -0.251. The number of benzene rings is 1. The standard InChI is InChI=1S/C19H21N5O/c1-2-23-9-11-24(12-10-23)17-7-8-21-18(13-17)19(25)22-16-5-3-15(14-20)4-6-16/h3-8,13H,2,9-12H2,1H3,(H,22,25). The van der Waals surface area contributed by atoms with Crippen LogP contribution in [0.4, 0.5) is 11.4 Å². The van der Waals surface area contributed by atoms with Gasteiger partial charge in [-0.05, 0) is 42.9 Å². The minimum absolute atomic E-state index is 0.251. The number of hydrogen-bond donors (Lipinski definition) is 1. The third kappa shape index (κ3) is 4.14. The average Bonchev–Trinajstić information content (AvgIpc) is 2.68. The van der Waals surface area contributed by atoms with E-state index in [0.29, 0.717) is 16.9 Å². The first-order valence-electron chi connectivity index (χ1n) is 8.44. The van der Waals surface area contributed by atoms with E-state index in [1.165, 1.54) is 0 Å². The summed E-state index contributed by atoms with van der Waals surface area (Å²) in [5, 5.41) is 11.6. The van der Waals surface area contributed by atoms with Gasteiger partial charge in [-0.3, -0.25) is 9.78 Å². The molecule has 1 aromatic carbocycles. The zero-order chi connectivity index (χ0) is 17.6. The summed E-state index contributed by atoms with van der Waals surface area (Å²) in [6.07, 6.45) is 1.68. The van der Waals surface area contributed by atoms with Crippen molar-refractivity contribution in [3.05, 3.63) is 53.9 Å². The Bertz CT molecular complexity index is 773. The number of pyridine rings is 1. The summed E-state index contributed by atoms with van der Waals surface area (Å²) in [5.41, 5.74) is 2.62. The van der Waals surface area contributed by atoms with E-state index >= 15 is 0 Å². The Balaban J connectivity index is 1.68. The van der Waals surface area contributed by atoms with Crippen molar-refractivity contribution in [1.82, 2.24) is 9.88 Å². The molecule has 3 rings (SSSR count). The predicted molar refractivity (Wildman–Crippen MR) is 97.7 cm³/mol. The van der Waals surface area contributed by atoms with Gasteiger partial charge in [0.1, 0.15) is 5.69 Å². The highest BCUT2D eigenvalue weighted by molar-refractivity contribution is 6.03. The van der Waals surface area contributed by atoms with Gasteiger partial charge in [-0.15, -0.1) is 0 Å². The van der Waals surface area contributed by atoms with Crippen molar-refractivity contribution < 1.29 is 4.79 Å². The number of carbonyl (C=O) groups excluding carboxylic acids is 1. The molecule has 6 heteroatoms. The number of hydrogen-bond acceptors (Lipinski definition) is 5. The average molecular weight is 335 g/mol. The fourth-order valence-corrected chi connectivity index (χ4v) is 2.89. The molecule has 6 nitrogen and oxygen atoms in total. The molecule has 1 aromatic heterocycles. The number of amides is 1. The molecule has 0 spiro atoms. The monoisotopic (exact) mass is 335 g/mol. The van der Waals surface area contributed by atoms with Crippen LogP contribution >= 0.6 is 0 Å². The summed E-state index contributed by atoms with van der Waals surface area (Å²) in [6.45, 7) is 7.22. The zero-order valence-electron chi connectivity index (χ0n) is 14.3. The van der Waals surface area contributed by atoms with Crippen LogP contribution < -0.4 is 10.2 Å². The lowest BCUT2D eigenvalue weighted by molar-refractivity contribution is 0.102. The topological polar surface area (TPSA) is 72.3 Å². The number of anilines is 2. The number of likely N-dealkylation sites (N-methyl/N-ethyl adjacent to an activating group) is 1.